The summed E-state index contributed by atoms with van der Waals surface area (Å²) in [7, 11) is 0. The maximum atomic E-state index is 12.0. The van der Waals surface area contributed by atoms with E-state index in [1.165, 1.54) is 12.1 Å². The molecule has 5 nitrogen and oxygen atoms in total. The van der Waals surface area contributed by atoms with Crippen molar-refractivity contribution in [3.8, 4) is 0 Å². The molecule has 0 amide bonds. The lowest BCUT2D eigenvalue weighted by atomic mass is 10.2. The average Bonchev–Trinajstić information content (AvgIpc) is 2.94. The summed E-state index contributed by atoms with van der Waals surface area (Å²) in [5.41, 5.74) is 1.37. The second kappa shape index (κ2) is 5.34. The number of aromatic nitrogens is 1. The van der Waals surface area contributed by atoms with Crippen molar-refractivity contribution < 1.29 is 4.92 Å². The van der Waals surface area contributed by atoms with Crippen LogP contribution in [0.25, 0.3) is 23.1 Å². The van der Waals surface area contributed by atoms with Crippen LogP contribution < -0.4 is 5.43 Å². The Balaban J connectivity index is 1.95. The number of para-hydroxylation sites is 1. The topological polar surface area (TPSA) is 76.0 Å². The van der Waals surface area contributed by atoms with Crippen molar-refractivity contribution in [3.63, 3.8) is 0 Å². The van der Waals surface area contributed by atoms with Gasteiger partial charge in [-0.15, -0.1) is 0 Å². The van der Waals surface area contributed by atoms with Gasteiger partial charge in [0.2, 0.25) is 0 Å². The van der Waals surface area contributed by atoms with Gasteiger partial charge in [-0.1, -0.05) is 23.5 Å². The molecule has 1 aromatic carbocycles. The summed E-state index contributed by atoms with van der Waals surface area (Å²) in [6.07, 6.45) is 3.49. The largest absolute Gasteiger partial charge is 0.355 e. The van der Waals surface area contributed by atoms with E-state index in [1.54, 1.807) is 24.3 Å². The van der Waals surface area contributed by atoms with Crippen LogP contribution in [0.3, 0.4) is 0 Å². The number of nitro groups is 1. The van der Waals surface area contributed by atoms with Gasteiger partial charge in [-0.2, -0.15) is 0 Å². The second-order valence-corrected chi connectivity index (χ2v) is 5.49. The van der Waals surface area contributed by atoms with Gasteiger partial charge in [0.1, 0.15) is 0 Å². The minimum atomic E-state index is -0.417. The molecule has 0 bridgehead atoms. The van der Waals surface area contributed by atoms with Gasteiger partial charge in [0.05, 0.1) is 4.92 Å². The van der Waals surface area contributed by atoms with E-state index in [4.69, 9.17) is 0 Å². The second-order valence-electron chi connectivity index (χ2n) is 4.40. The summed E-state index contributed by atoms with van der Waals surface area (Å²) in [6.45, 7) is 0. The zero-order valence-corrected chi connectivity index (χ0v) is 11.6. The van der Waals surface area contributed by atoms with E-state index in [2.05, 4.69) is 4.98 Å². The van der Waals surface area contributed by atoms with E-state index in [9.17, 15) is 14.9 Å². The van der Waals surface area contributed by atoms with E-state index >= 15 is 0 Å². The van der Waals surface area contributed by atoms with Crippen LogP contribution in [-0.4, -0.2) is 9.91 Å². The van der Waals surface area contributed by atoms with E-state index in [0.29, 0.717) is 11.1 Å². The molecule has 0 fully saturated rings. The number of aromatic amines is 1. The number of hydrogen-bond acceptors (Lipinski definition) is 4. The Kier molecular flexibility index (Phi) is 3.37. The Labute approximate surface area is 123 Å². The van der Waals surface area contributed by atoms with E-state index in [-0.39, 0.29) is 10.4 Å². The number of rotatable bonds is 3. The Morgan fingerprint density at radius 1 is 1.14 bits per heavy atom. The fourth-order valence-electron chi connectivity index (χ4n) is 2.01. The number of nitrogens with one attached hydrogen (secondary N) is 1. The van der Waals surface area contributed by atoms with Gasteiger partial charge in [-0.25, -0.2) is 0 Å². The number of pyridine rings is 1. The van der Waals surface area contributed by atoms with Crippen molar-refractivity contribution in [3.05, 3.63) is 73.4 Å². The fourth-order valence-corrected chi connectivity index (χ4v) is 2.73. The lowest BCUT2D eigenvalue weighted by Crippen LogP contribution is -2.02. The molecule has 2 aromatic heterocycles. The standard InChI is InChI=1S/C15H10N2O3S/c18-14-9-10(16-13-4-2-1-3-12(13)14)5-6-11-7-8-15(21-11)17(19)20/h1-9H,(H,16,18)/b6-5+. The maximum absolute atomic E-state index is 12.0. The first-order chi connectivity index (χ1) is 10.1. The molecular weight excluding hydrogens is 288 g/mol. The van der Waals surface area contributed by atoms with Crippen molar-refractivity contribution >= 4 is 39.4 Å². The van der Waals surface area contributed by atoms with Gasteiger partial charge in [0, 0.05) is 33.6 Å². The van der Waals surface area contributed by atoms with Crippen LogP contribution >= 0.6 is 11.3 Å². The zero-order valence-electron chi connectivity index (χ0n) is 10.8. The summed E-state index contributed by atoms with van der Waals surface area (Å²) in [5, 5.41) is 11.4. The average molecular weight is 298 g/mol. The normalized spacial score (nSPS) is 11.2. The van der Waals surface area contributed by atoms with Gasteiger partial charge in [0.15, 0.2) is 5.43 Å². The third kappa shape index (κ3) is 2.75. The quantitative estimate of drug-likeness (QED) is 0.592. The molecule has 104 valence electrons. The van der Waals surface area contributed by atoms with E-state index in [1.807, 2.05) is 18.2 Å². The number of thiophene rings is 1. The number of fused-ring (bicyclic) bond motifs is 1. The third-order valence-corrected chi connectivity index (χ3v) is 3.98. The minimum Gasteiger partial charge on any atom is -0.355 e. The predicted molar refractivity (Wildman–Crippen MR) is 84.5 cm³/mol. The van der Waals surface area contributed by atoms with Crippen LogP contribution in [-0.2, 0) is 0 Å². The molecule has 0 atom stereocenters. The van der Waals surface area contributed by atoms with Gasteiger partial charge < -0.3 is 4.98 Å². The van der Waals surface area contributed by atoms with E-state index < -0.39 is 4.92 Å². The zero-order chi connectivity index (χ0) is 14.8. The molecular formula is C15H10N2O3S. The van der Waals surface area contributed by atoms with Gasteiger partial charge in [-0.3, -0.25) is 14.9 Å². The number of nitrogens with zero attached hydrogens (tertiary/aromatic N) is 1. The van der Waals surface area contributed by atoms with Crippen LogP contribution in [0, 0.1) is 10.1 Å². The van der Waals surface area contributed by atoms with Crippen LogP contribution in [0.4, 0.5) is 5.00 Å². The van der Waals surface area contributed by atoms with Crippen molar-refractivity contribution in [2.45, 2.75) is 0 Å². The van der Waals surface area contributed by atoms with Gasteiger partial charge in [0.25, 0.3) is 0 Å². The molecule has 3 rings (SSSR count). The number of benzene rings is 1. The van der Waals surface area contributed by atoms with Crippen molar-refractivity contribution in [1.82, 2.24) is 4.98 Å². The molecule has 0 aliphatic heterocycles. The van der Waals surface area contributed by atoms with Crippen LogP contribution in [0.1, 0.15) is 10.6 Å². The predicted octanol–water partition coefficient (Wildman–Crippen LogP) is 3.67. The molecule has 0 radical (unpaired) electrons. The summed E-state index contributed by atoms with van der Waals surface area (Å²) < 4.78 is 0. The molecule has 0 spiro atoms. The van der Waals surface area contributed by atoms with E-state index in [0.717, 1.165) is 21.7 Å². The van der Waals surface area contributed by atoms with Crippen LogP contribution in [0.5, 0.6) is 0 Å². The monoisotopic (exact) mass is 298 g/mol. The lowest BCUT2D eigenvalue weighted by molar-refractivity contribution is -0.380. The number of H-pyrrole nitrogens is 1. The lowest BCUT2D eigenvalue weighted by Gasteiger charge is -1.99. The summed E-state index contributed by atoms with van der Waals surface area (Å²) in [5.74, 6) is 0. The molecule has 0 aliphatic carbocycles. The molecule has 1 N–H and O–H groups in total. The number of hydrogen-bond donors (Lipinski definition) is 1. The first kappa shape index (κ1) is 13.3. The highest BCUT2D eigenvalue weighted by Gasteiger charge is 2.07. The molecule has 0 aliphatic rings. The molecule has 6 heteroatoms. The highest BCUT2D eigenvalue weighted by atomic mass is 32.1. The van der Waals surface area contributed by atoms with Crippen LogP contribution in [0.2, 0.25) is 0 Å². The van der Waals surface area contributed by atoms with Crippen LogP contribution in [0.15, 0.2) is 47.3 Å². The first-order valence-electron chi connectivity index (χ1n) is 6.18. The summed E-state index contributed by atoms with van der Waals surface area (Å²) in [6, 6.07) is 11.9. The molecule has 21 heavy (non-hydrogen) atoms. The minimum absolute atomic E-state index is 0.0545. The third-order valence-electron chi connectivity index (χ3n) is 2.98. The van der Waals surface area contributed by atoms with Crippen molar-refractivity contribution in [1.29, 1.82) is 0 Å². The highest BCUT2D eigenvalue weighted by molar-refractivity contribution is 7.16. The molecule has 3 aromatic rings. The SMILES string of the molecule is O=c1cc(/C=C/c2ccc([N+](=O)[O-])s2)[nH]c2ccccc12. The smallest absolute Gasteiger partial charge is 0.324 e. The Morgan fingerprint density at radius 2 is 1.95 bits per heavy atom. The summed E-state index contributed by atoms with van der Waals surface area (Å²) in [4.78, 5) is 26.1. The maximum Gasteiger partial charge on any atom is 0.324 e. The van der Waals surface area contributed by atoms with Gasteiger partial charge in [-0.05, 0) is 30.4 Å². The summed E-state index contributed by atoms with van der Waals surface area (Å²) >= 11 is 1.09. The highest BCUT2D eigenvalue weighted by Crippen LogP contribution is 2.25. The van der Waals surface area contributed by atoms with Crippen molar-refractivity contribution in [2.75, 3.05) is 0 Å². The molecule has 0 unspecified atom stereocenters. The Hall–Kier alpha value is -2.73. The molecule has 0 saturated heterocycles. The molecule has 2 heterocycles. The Morgan fingerprint density at radius 3 is 2.71 bits per heavy atom. The first-order valence-corrected chi connectivity index (χ1v) is 6.99. The fraction of sp³-hybridized carbons (Fsp3) is 0. The Bertz CT molecular complexity index is 908. The molecule has 0 saturated carbocycles. The van der Waals surface area contributed by atoms with Crippen molar-refractivity contribution in [2.24, 2.45) is 0 Å². The van der Waals surface area contributed by atoms with Gasteiger partial charge >= 0.3 is 5.00 Å².